The molecule has 3 aromatic carbocycles. The Hall–Kier alpha value is -4.08. The molecule has 6 nitrogen and oxygen atoms in total. The molecule has 1 fully saturated rings. The number of fused-ring (bicyclic) bond motifs is 2. The van der Waals surface area contributed by atoms with E-state index in [0.29, 0.717) is 54.6 Å². The van der Waals surface area contributed by atoms with Crippen LogP contribution in [0.5, 0.6) is 17.2 Å². The summed E-state index contributed by atoms with van der Waals surface area (Å²) in [5.41, 5.74) is 0.178. The molecule has 0 aromatic heterocycles. The van der Waals surface area contributed by atoms with E-state index in [1.807, 2.05) is 4.90 Å². The van der Waals surface area contributed by atoms with Crippen LogP contribution in [0.15, 0.2) is 65.7 Å². The van der Waals surface area contributed by atoms with E-state index in [9.17, 15) is 22.4 Å². The lowest BCUT2D eigenvalue weighted by molar-refractivity contribution is -0.137. The molecule has 0 aliphatic carbocycles. The first-order valence-electron chi connectivity index (χ1n) is 11.2. The van der Waals surface area contributed by atoms with E-state index < -0.39 is 17.6 Å². The van der Waals surface area contributed by atoms with Gasteiger partial charge in [-0.3, -0.25) is 4.79 Å². The van der Waals surface area contributed by atoms with E-state index in [1.165, 1.54) is 37.4 Å². The van der Waals surface area contributed by atoms with Gasteiger partial charge < -0.3 is 19.3 Å². The van der Waals surface area contributed by atoms with Crippen molar-refractivity contribution in [2.45, 2.75) is 6.18 Å². The van der Waals surface area contributed by atoms with Crippen molar-refractivity contribution in [1.82, 2.24) is 9.80 Å². The first-order chi connectivity index (χ1) is 17.2. The second-order valence-corrected chi connectivity index (χ2v) is 8.37. The highest BCUT2D eigenvalue weighted by molar-refractivity contribution is 6.04. The normalized spacial score (nSPS) is 15.3. The molecule has 0 spiro atoms. The highest BCUT2D eigenvalue weighted by atomic mass is 19.4. The van der Waals surface area contributed by atoms with Gasteiger partial charge in [0.25, 0.3) is 5.91 Å². The fraction of sp³-hybridized carbons (Fsp3) is 0.231. The summed E-state index contributed by atoms with van der Waals surface area (Å²) in [6, 6.07) is 13.6. The van der Waals surface area contributed by atoms with Gasteiger partial charge in [-0.2, -0.15) is 13.2 Å². The van der Waals surface area contributed by atoms with Crippen LogP contribution in [0.25, 0.3) is 0 Å². The van der Waals surface area contributed by atoms with E-state index in [1.54, 1.807) is 23.1 Å². The number of hydrogen-bond acceptors (Lipinski definition) is 5. The summed E-state index contributed by atoms with van der Waals surface area (Å²) in [4.78, 5) is 21.0. The Bertz CT molecular complexity index is 1330. The molecule has 1 amide bonds. The van der Waals surface area contributed by atoms with Gasteiger partial charge in [-0.25, -0.2) is 9.38 Å². The fourth-order valence-corrected chi connectivity index (χ4v) is 4.20. The summed E-state index contributed by atoms with van der Waals surface area (Å²) >= 11 is 0. The van der Waals surface area contributed by atoms with Crippen LogP contribution in [0, 0.1) is 5.82 Å². The number of alkyl halides is 3. The summed E-state index contributed by atoms with van der Waals surface area (Å²) in [6.45, 7) is 1.48. The average Bonchev–Trinajstić information content (AvgIpc) is 3.04. The smallest absolute Gasteiger partial charge is 0.416 e. The summed E-state index contributed by atoms with van der Waals surface area (Å²) in [7, 11) is 1.51. The average molecular weight is 499 g/mol. The Morgan fingerprint density at radius 2 is 1.64 bits per heavy atom. The van der Waals surface area contributed by atoms with Crippen molar-refractivity contribution in [3.63, 3.8) is 0 Å². The maximum Gasteiger partial charge on any atom is 0.416 e. The molecule has 2 aliphatic rings. The van der Waals surface area contributed by atoms with Gasteiger partial charge in [0, 0.05) is 31.7 Å². The third-order valence-corrected chi connectivity index (χ3v) is 6.12. The molecule has 0 N–H and O–H groups in total. The Kier molecular flexibility index (Phi) is 6.03. The highest BCUT2D eigenvalue weighted by Crippen LogP contribution is 2.42. The van der Waals surface area contributed by atoms with Crippen LogP contribution in [0.3, 0.4) is 0 Å². The zero-order chi connectivity index (χ0) is 25.4. The minimum atomic E-state index is -4.53. The molecule has 2 aliphatic heterocycles. The van der Waals surface area contributed by atoms with Gasteiger partial charge >= 0.3 is 6.18 Å². The summed E-state index contributed by atoms with van der Waals surface area (Å²) in [5, 5.41) is 0. The van der Waals surface area contributed by atoms with Gasteiger partial charge in [0.2, 0.25) is 0 Å². The second-order valence-electron chi connectivity index (χ2n) is 8.37. The Morgan fingerprint density at radius 1 is 0.944 bits per heavy atom. The van der Waals surface area contributed by atoms with Gasteiger partial charge in [0.15, 0.2) is 5.75 Å². The van der Waals surface area contributed by atoms with Crippen molar-refractivity contribution in [3.05, 3.63) is 83.2 Å². The lowest BCUT2D eigenvalue weighted by atomic mass is 10.1. The van der Waals surface area contributed by atoms with Crippen LogP contribution in [-0.4, -0.2) is 54.8 Å². The number of amidine groups is 1. The topological polar surface area (TPSA) is 54.4 Å². The summed E-state index contributed by atoms with van der Waals surface area (Å²) in [6.07, 6.45) is -4.53. The quantitative estimate of drug-likeness (QED) is 0.438. The van der Waals surface area contributed by atoms with Crippen molar-refractivity contribution in [2.75, 3.05) is 33.3 Å². The molecule has 0 atom stereocenters. The number of ether oxygens (including phenoxy) is 2. The number of benzene rings is 3. The first kappa shape index (κ1) is 23.7. The molecule has 3 aromatic rings. The zero-order valence-electron chi connectivity index (χ0n) is 19.2. The molecular formula is C26H21F4N3O3. The standard InChI is InChI=1S/C26H21F4N3O3/c1-35-19-7-9-22-20(15-19)24(31-21-14-17(26(28,29)30)4-8-23(21)36-22)32-10-12-33(13-11-32)25(34)16-2-5-18(27)6-3-16/h2-9,14-15H,10-13H2,1H3. The van der Waals surface area contributed by atoms with Crippen LogP contribution in [0.1, 0.15) is 21.5 Å². The molecule has 1 saturated heterocycles. The number of halogens is 4. The Balaban J connectivity index is 1.47. The third kappa shape index (κ3) is 4.58. The molecule has 0 radical (unpaired) electrons. The molecule has 0 saturated carbocycles. The van der Waals surface area contributed by atoms with Crippen LogP contribution < -0.4 is 9.47 Å². The maximum absolute atomic E-state index is 13.4. The Labute approximate surface area is 204 Å². The van der Waals surface area contributed by atoms with Crippen LogP contribution in [-0.2, 0) is 6.18 Å². The molecule has 5 rings (SSSR count). The minimum absolute atomic E-state index is 0.0554. The van der Waals surface area contributed by atoms with Gasteiger partial charge in [-0.1, -0.05) is 0 Å². The van der Waals surface area contributed by atoms with Gasteiger partial charge in [0.1, 0.15) is 28.8 Å². The number of piperazine rings is 1. The van der Waals surface area contributed by atoms with E-state index in [0.717, 1.165) is 12.1 Å². The zero-order valence-corrected chi connectivity index (χ0v) is 19.2. The van der Waals surface area contributed by atoms with Crippen molar-refractivity contribution >= 4 is 17.4 Å². The van der Waals surface area contributed by atoms with E-state index in [-0.39, 0.29) is 17.3 Å². The minimum Gasteiger partial charge on any atom is -0.497 e. The first-order valence-corrected chi connectivity index (χ1v) is 11.2. The number of carbonyl (C=O) groups is 1. The summed E-state index contributed by atoms with van der Waals surface area (Å²) in [5.74, 6) is 0.955. The Morgan fingerprint density at radius 3 is 2.31 bits per heavy atom. The summed E-state index contributed by atoms with van der Waals surface area (Å²) < 4.78 is 64.7. The van der Waals surface area contributed by atoms with Gasteiger partial charge in [-0.15, -0.1) is 0 Å². The number of hydrogen-bond donors (Lipinski definition) is 0. The molecule has 10 heteroatoms. The second kappa shape index (κ2) is 9.18. The molecular weight excluding hydrogens is 478 g/mol. The number of aliphatic imine (C=N–C) groups is 1. The van der Waals surface area contributed by atoms with E-state index in [4.69, 9.17) is 9.47 Å². The molecule has 0 bridgehead atoms. The number of amides is 1. The maximum atomic E-state index is 13.4. The van der Waals surface area contributed by atoms with Crippen molar-refractivity contribution < 1.29 is 31.8 Å². The lowest BCUT2D eigenvalue weighted by Crippen LogP contribution is -2.50. The van der Waals surface area contributed by atoms with Crippen LogP contribution in [0.2, 0.25) is 0 Å². The lowest BCUT2D eigenvalue weighted by Gasteiger charge is -2.36. The number of methoxy groups -OCH3 is 1. The van der Waals surface area contributed by atoms with Gasteiger partial charge in [-0.05, 0) is 60.7 Å². The molecule has 0 unspecified atom stereocenters. The molecule has 36 heavy (non-hydrogen) atoms. The highest BCUT2D eigenvalue weighted by Gasteiger charge is 2.33. The molecule has 2 heterocycles. The molecule has 186 valence electrons. The third-order valence-electron chi connectivity index (χ3n) is 6.12. The number of rotatable bonds is 2. The van der Waals surface area contributed by atoms with Crippen LogP contribution >= 0.6 is 0 Å². The number of nitrogens with zero attached hydrogens (tertiary/aromatic N) is 3. The van der Waals surface area contributed by atoms with Crippen LogP contribution in [0.4, 0.5) is 23.2 Å². The van der Waals surface area contributed by atoms with E-state index in [2.05, 4.69) is 4.99 Å². The van der Waals surface area contributed by atoms with E-state index >= 15 is 0 Å². The fourth-order valence-electron chi connectivity index (χ4n) is 4.20. The van der Waals surface area contributed by atoms with Gasteiger partial charge in [0.05, 0.1) is 18.2 Å². The number of carbonyl (C=O) groups excluding carboxylic acids is 1. The van der Waals surface area contributed by atoms with Crippen molar-refractivity contribution in [1.29, 1.82) is 0 Å². The van der Waals surface area contributed by atoms with Crippen molar-refractivity contribution in [2.24, 2.45) is 4.99 Å². The largest absolute Gasteiger partial charge is 0.497 e. The SMILES string of the molecule is COc1ccc2c(c1)C(N1CCN(C(=O)c3ccc(F)cc3)CC1)=Nc1cc(C(F)(F)F)ccc1O2. The monoisotopic (exact) mass is 499 g/mol. The predicted molar refractivity (Wildman–Crippen MR) is 125 cm³/mol. The predicted octanol–water partition coefficient (Wildman–Crippen LogP) is 5.50. The van der Waals surface area contributed by atoms with Crippen molar-refractivity contribution in [3.8, 4) is 17.2 Å².